The van der Waals surface area contributed by atoms with E-state index in [0.29, 0.717) is 10.2 Å². The van der Waals surface area contributed by atoms with Gasteiger partial charge in [-0.25, -0.2) is 9.59 Å². The first-order chi connectivity index (χ1) is 9.49. The predicted molar refractivity (Wildman–Crippen MR) is 80.1 cm³/mol. The smallest absolute Gasteiger partial charge is 0.336 e. The number of rotatable bonds is 2. The van der Waals surface area contributed by atoms with Gasteiger partial charge in [0, 0.05) is 22.7 Å². The van der Waals surface area contributed by atoms with Crippen molar-refractivity contribution in [3.05, 3.63) is 28.2 Å². The van der Waals surface area contributed by atoms with Gasteiger partial charge in [-0.2, -0.15) is 0 Å². The Bertz CT molecular complexity index is 533. The minimum atomic E-state index is -1.03. The zero-order chi connectivity index (χ0) is 14.7. The number of halogens is 1. The topological polar surface area (TPSA) is 69.6 Å². The summed E-state index contributed by atoms with van der Waals surface area (Å²) >= 11 is 3.18. The third-order valence-corrected chi connectivity index (χ3v) is 4.20. The Morgan fingerprint density at radius 2 is 2.15 bits per heavy atom. The van der Waals surface area contributed by atoms with E-state index in [9.17, 15) is 9.59 Å². The zero-order valence-electron chi connectivity index (χ0n) is 11.2. The van der Waals surface area contributed by atoms with Crippen LogP contribution in [0.15, 0.2) is 22.7 Å². The summed E-state index contributed by atoms with van der Waals surface area (Å²) in [6, 6.07) is 4.81. The van der Waals surface area contributed by atoms with Crippen molar-refractivity contribution in [2.45, 2.75) is 32.2 Å². The lowest BCUT2D eigenvalue weighted by atomic mass is 10.0. The molecule has 0 saturated carbocycles. The number of amides is 2. The summed E-state index contributed by atoms with van der Waals surface area (Å²) in [5.41, 5.74) is 0.628. The molecule has 108 valence electrons. The van der Waals surface area contributed by atoms with Crippen LogP contribution in [0.5, 0.6) is 0 Å². The Kier molecular flexibility index (Phi) is 4.65. The summed E-state index contributed by atoms with van der Waals surface area (Å²) in [5, 5.41) is 11.8. The van der Waals surface area contributed by atoms with Crippen molar-refractivity contribution < 1.29 is 14.7 Å². The first-order valence-corrected chi connectivity index (χ1v) is 7.39. The van der Waals surface area contributed by atoms with Crippen LogP contribution in [-0.2, 0) is 0 Å². The highest BCUT2D eigenvalue weighted by atomic mass is 79.9. The van der Waals surface area contributed by atoms with E-state index in [2.05, 4.69) is 21.2 Å². The van der Waals surface area contributed by atoms with Crippen LogP contribution in [0.4, 0.5) is 10.5 Å². The van der Waals surface area contributed by atoms with Crippen molar-refractivity contribution in [1.29, 1.82) is 0 Å². The lowest BCUT2D eigenvalue weighted by molar-refractivity contribution is 0.0696. The SMILES string of the molecule is CC1CCCCN1C(=O)Nc1ccc(Br)c(C(=O)O)c1. The lowest BCUT2D eigenvalue weighted by Gasteiger charge is -2.33. The molecular formula is C14H17BrN2O3. The fourth-order valence-electron chi connectivity index (χ4n) is 2.36. The fraction of sp³-hybridized carbons (Fsp3) is 0.429. The molecule has 0 spiro atoms. The van der Waals surface area contributed by atoms with Crippen LogP contribution in [0.25, 0.3) is 0 Å². The average molecular weight is 341 g/mol. The van der Waals surface area contributed by atoms with Crippen molar-refractivity contribution in [3.63, 3.8) is 0 Å². The van der Waals surface area contributed by atoms with E-state index in [-0.39, 0.29) is 17.6 Å². The number of piperidine rings is 1. The lowest BCUT2D eigenvalue weighted by Crippen LogP contribution is -2.44. The fourth-order valence-corrected chi connectivity index (χ4v) is 2.78. The van der Waals surface area contributed by atoms with E-state index < -0.39 is 5.97 Å². The van der Waals surface area contributed by atoms with Crippen molar-refractivity contribution in [1.82, 2.24) is 4.90 Å². The van der Waals surface area contributed by atoms with Gasteiger partial charge in [0.1, 0.15) is 0 Å². The summed E-state index contributed by atoms with van der Waals surface area (Å²) < 4.78 is 0.495. The number of carbonyl (C=O) groups excluding carboxylic acids is 1. The maximum absolute atomic E-state index is 12.2. The monoisotopic (exact) mass is 340 g/mol. The standard InChI is InChI=1S/C14H17BrN2O3/c1-9-4-2-3-7-17(9)14(20)16-10-5-6-12(15)11(8-10)13(18)19/h5-6,8-9H,2-4,7H2,1H3,(H,16,20)(H,18,19). The molecule has 1 heterocycles. The minimum absolute atomic E-state index is 0.134. The molecule has 2 N–H and O–H groups in total. The van der Waals surface area contributed by atoms with Gasteiger partial charge >= 0.3 is 12.0 Å². The molecule has 2 rings (SSSR count). The van der Waals surface area contributed by atoms with Gasteiger partial charge < -0.3 is 15.3 Å². The minimum Gasteiger partial charge on any atom is -0.478 e. The summed E-state index contributed by atoms with van der Waals surface area (Å²) in [6.45, 7) is 2.78. The molecular weight excluding hydrogens is 324 g/mol. The van der Waals surface area contributed by atoms with E-state index >= 15 is 0 Å². The van der Waals surface area contributed by atoms with Crippen LogP contribution >= 0.6 is 15.9 Å². The van der Waals surface area contributed by atoms with Crippen LogP contribution in [0.2, 0.25) is 0 Å². The number of urea groups is 1. The first kappa shape index (κ1) is 14.8. The van der Waals surface area contributed by atoms with E-state index in [1.807, 2.05) is 6.92 Å². The van der Waals surface area contributed by atoms with Crippen molar-refractivity contribution in [2.75, 3.05) is 11.9 Å². The number of hydrogen-bond acceptors (Lipinski definition) is 2. The molecule has 1 unspecified atom stereocenters. The van der Waals surface area contributed by atoms with E-state index in [4.69, 9.17) is 5.11 Å². The number of likely N-dealkylation sites (tertiary alicyclic amines) is 1. The molecule has 0 aliphatic carbocycles. The van der Waals surface area contributed by atoms with Gasteiger partial charge in [0.2, 0.25) is 0 Å². The van der Waals surface area contributed by atoms with Crippen LogP contribution in [0.3, 0.4) is 0 Å². The quantitative estimate of drug-likeness (QED) is 0.864. The number of nitrogens with zero attached hydrogens (tertiary/aromatic N) is 1. The highest BCUT2D eigenvalue weighted by Crippen LogP contribution is 2.22. The molecule has 1 aromatic carbocycles. The highest BCUT2D eigenvalue weighted by Gasteiger charge is 2.23. The Labute approximate surface area is 126 Å². The van der Waals surface area contributed by atoms with E-state index in [1.54, 1.807) is 17.0 Å². The molecule has 0 bridgehead atoms. The second kappa shape index (κ2) is 6.26. The molecule has 1 saturated heterocycles. The van der Waals surface area contributed by atoms with Crippen molar-refractivity contribution in [3.8, 4) is 0 Å². The molecule has 6 heteroatoms. The van der Waals surface area contributed by atoms with Crippen LogP contribution < -0.4 is 5.32 Å². The average Bonchev–Trinajstić information content (AvgIpc) is 2.41. The molecule has 1 fully saturated rings. The molecule has 0 aromatic heterocycles. The summed E-state index contributed by atoms with van der Waals surface area (Å²) in [7, 11) is 0. The molecule has 2 amide bonds. The first-order valence-electron chi connectivity index (χ1n) is 6.59. The number of hydrogen-bond donors (Lipinski definition) is 2. The normalized spacial score (nSPS) is 18.7. The summed E-state index contributed by atoms with van der Waals surface area (Å²) in [4.78, 5) is 25.1. The van der Waals surface area contributed by atoms with Crippen molar-refractivity contribution in [2.24, 2.45) is 0 Å². The molecule has 20 heavy (non-hydrogen) atoms. The maximum Gasteiger partial charge on any atom is 0.336 e. The maximum atomic E-state index is 12.2. The van der Waals surface area contributed by atoms with Gasteiger partial charge in [0.15, 0.2) is 0 Å². The van der Waals surface area contributed by atoms with E-state index in [1.165, 1.54) is 6.07 Å². The zero-order valence-corrected chi connectivity index (χ0v) is 12.8. The van der Waals surface area contributed by atoms with Crippen LogP contribution in [0, 0.1) is 0 Å². The Balaban J connectivity index is 2.11. The number of nitrogens with one attached hydrogen (secondary N) is 1. The Morgan fingerprint density at radius 1 is 1.40 bits per heavy atom. The number of benzene rings is 1. The number of carboxylic acids is 1. The van der Waals surface area contributed by atoms with Gasteiger partial charge in [-0.1, -0.05) is 0 Å². The molecule has 1 atom stereocenters. The molecule has 0 radical (unpaired) electrons. The molecule has 1 aliphatic heterocycles. The van der Waals surface area contributed by atoms with Crippen LogP contribution in [0.1, 0.15) is 36.5 Å². The van der Waals surface area contributed by atoms with Crippen LogP contribution in [-0.4, -0.2) is 34.6 Å². The molecule has 5 nitrogen and oxygen atoms in total. The molecule has 1 aromatic rings. The van der Waals surface area contributed by atoms with Gasteiger partial charge in [-0.15, -0.1) is 0 Å². The van der Waals surface area contributed by atoms with Gasteiger partial charge in [0.25, 0.3) is 0 Å². The van der Waals surface area contributed by atoms with Crippen molar-refractivity contribution >= 4 is 33.6 Å². The second-order valence-corrected chi connectivity index (χ2v) is 5.82. The Hall–Kier alpha value is -1.56. The third-order valence-electron chi connectivity index (χ3n) is 3.51. The van der Waals surface area contributed by atoms with Gasteiger partial charge in [0.05, 0.1) is 5.56 Å². The largest absolute Gasteiger partial charge is 0.478 e. The summed E-state index contributed by atoms with van der Waals surface area (Å²) in [6.07, 6.45) is 3.17. The Morgan fingerprint density at radius 3 is 2.80 bits per heavy atom. The molecule has 1 aliphatic rings. The van der Waals surface area contributed by atoms with E-state index in [0.717, 1.165) is 25.8 Å². The van der Waals surface area contributed by atoms with Gasteiger partial charge in [-0.05, 0) is 60.3 Å². The number of anilines is 1. The number of carbonyl (C=O) groups is 2. The summed E-state index contributed by atoms with van der Waals surface area (Å²) in [5.74, 6) is -1.03. The predicted octanol–water partition coefficient (Wildman–Crippen LogP) is 3.55. The van der Waals surface area contributed by atoms with Gasteiger partial charge in [-0.3, -0.25) is 0 Å². The number of aromatic carboxylic acids is 1. The highest BCUT2D eigenvalue weighted by molar-refractivity contribution is 9.10. The second-order valence-electron chi connectivity index (χ2n) is 4.97. The third kappa shape index (κ3) is 3.30. The number of carboxylic acid groups (broad SMARTS) is 1.